The van der Waals surface area contributed by atoms with Gasteiger partial charge in [0.15, 0.2) is 0 Å². The summed E-state index contributed by atoms with van der Waals surface area (Å²) in [5.41, 5.74) is 0. The Labute approximate surface area is 65.6 Å². The van der Waals surface area contributed by atoms with Gasteiger partial charge in [-0.3, -0.25) is 4.90 Å². The van der Waals surface area contributed by atoms with Crippen LogP contribution in [0.4, 0.5) is 4.39 Å². The van der Waals surface area contributed by atoms with Gasteiger partial charge in [0.2, 0.25) is 0 Å². The van der Waals surface area contributed by atoms with E-state index in [1.165, 1.54) is 0 Å². The summed E-state index contributed by atoms with van der Waals surface area (Å²) in [6.07, 6.45) is 1.62. The first-order valence-electron chi connectivity index (χ1n) is 3.60. The van der Waals surface area contributed by atoms with Gasteiger partial charge in [-0.15, -0.1) is 0 Å². The fourth-order valence-electron chi connectivity index (χ4n) is 0.892. The molecule has 0 radical (unpaired) electrons. The predicted octanol–water partition coefficient (Wildman–Crippen LogP) is 1.68. The Morgan fingerprint density at radius 2 is 2.45 bits per heavy atom. The molecule has 0 fully saturated rings. The number of furan rings is 1. The van der Waals surface area contributed by atoms with Gasteiger partial charge in [0.25, 0.3) is 0 Å². The zero-order chi connectivity index (χ0) is 8.10. The van der Waals surface area contributed by atoms with E-state index < -0.39 is 0 Å². The van der Waals surface area contributed by atoms with Crippen LogP contribution in [-0.2, 0) is 6.54 Å². The van der Waals surface area contributed by atoms with Crippen molar-refractivity contribution in [3.63, 3.8) is 0 Å². The minimum absolute atomic E-state index is 0.308. The van der Waals surface area contributed by atoms with Gasteiger partial charge in [-0.25, -0.2) is 4.39 Å². The number of halogens is 1. The lowest BCUT2D eigenvalue weighted by atomic mass is 10.4. The van der Waals surface area contributed by atoms with Crippen LogP contribution in [0.3, 0.4) is 0 Å². The zero-order valence-electron chi connectivity index (χ0n) is 6.59. The van der Waals surface area contributed by atoms with E-state index >= 15 is 0 Å². The van der Waals surface area contributed by atoms with Crippen molar-refractivity contribution in [3.8, 4) is 0 Å². The van der Waals surface area contributed by atoms with Gasteiger partial charge in [-0.05, 0) is 19.2 Å². The first kappa shape index (κ1) is 8.27. The summed E-state index contributed by atoms with van der Waals surface area (Å²) in [7, 11) is 1.86. The molecule has 0 aromatic carbocycles. The monoisotopic (exact) mass is 157 g/mol. The van der Waals surface area contributed by atoms with Crippen LogP contribution in [0, 0.1) is 0 Å². The second-order valence-electron chi connectivity index (χ2n) is 2.51. The summed E-state index contributed by atoms with van der Waals surface area (Å²) < 4.78 is 16.9. The number of rotatable bonds is 4. The number of nitrogens with zero attached hydrogens (tertiary/aromatic N) is 1. The smallest absolute Gasteiger partial charge is 0.117 e. The molecule has 0 aliphatic heterocycles. The first-order chi connectivity index (χ1) is 5.33. The highest BCUT2D eigenvalue weighted by Crippen LogP contribution is 2.02. The lowest BCUT2D eigenvalue weighted by molar-refractivity contribution is 0.267. The van der Waals surface area contributed by atoms with Crippen LogP contribution < -0.4 is 0 Å². The van der Waals surface area contributed by atoms with Crippen molar-refractivity contribution in [2.24, 2.45) is 0 Å². The maximum Gasteiger partial charge on any atom is 0.117 e. The Hall–Kier alpha value is -0.830. The highest BCUT2D eigenvalue weighted by Gasteiger charge is 2.00. The second kappa shape index (κ2) is 4.13. The fourth-order valence-corrected chi connectivity index (χ4v) is 0.892. The Morgan fingerprint density at radius 1 is 1.64 bits per heavy atom. The summed E-state index contributed by atoms with van der Waals surface area (Å²) in [4.78, 5) is 1.87. The topological polar surface area (TPSA) is 16.4 Å². The van der Waals surface area contributed by atoms with Gasteiger partial charge in [-0.2, -0.15) is 0 Å². The molecule has 0 aliphatic rings. The Bertz CT molecular complexity index is 186. The third-order valence-electron chi connectivity index (χ3n) is 1.47. The van der Waals surface area contributed by atoms with E-state index in [-0.39, 0.29) is 6.67 Å². The van der Waals surface area contributed by atoms with Crippen molar-refractivity contribution in [3.05, 3.63) is 24.2 Å². The summed E-state index contributed by atoms with van der Waals surface area (Å²) in [5, 5.41) is 0. The van der Waals surface area contributed by atoms with Crippen LogP contribution in [0.25, 0.3) is 0 Å². The molecule has 0 N–H and O–H groups in total. The molecule has 0 amide bonds. The molecule has 0 spiro atoms. The van der Waals surface area contributed by atoms with Crippen LogP contribution >= 0.6 is 0 Å². The number of alkyl halides is 1. The highest BCUT2D eigenvalue weighted by molar-refractivity contribution is 4.97. The largest absolute Gasteiger partial charge is 0.468 e. The van der Waals surface area contributed by atoms with Gasteiger partial charge in [0.1, 0.15) is 12.4 Å². The number of hydrogen-bond donors (Lipinski definition) is 0. The molecule has 1 heterocycles. The van der Waals surface area contributed by atoms with E-state index in [4.69, 9.17) is 4.42 Å². The van der Waals surface area contributed by atoms with Gasteiger partial charge >= 0.3 is 0 Å². The van der Waals surface area contributed by atoms with E-state index in [0.29, 0.717) is 13.1 Å². The normalized spacial score (nSPS) is 10.8. The molecule has 0 saturated carbocycles. The molecule has 0 aliphatic carbocycles. The molecule has 0 unspecified atom stereocenters. The Balaban J connectivity index is 2.31. The van der Waals surface area contributed by atoms with Gasteiger partial charge in [-0.1, -0.05) is 0 Å². The van der Waals surface area contributed by atoms with Gasteiger partial charge in [0.05, 0.1) is 12.8 Å². The van der Waals surface area contributed by atoms with E-state index in [9.17, 15) is 4.39 Å². The molecule has 11 heavy (non-hydrogen) atoms. The molecule has 1 aromatic rings. The third kappa shape index (κ3) is 2.72. The van der Waals surface area contributed by atoms with Crippen LogP contribution in [0.1, 0.15) is 5.76 Å². The van der Waals surface area contributed by atoms with Crippen molar-refractivity contribution in [1.29, 1.82) is 0 Å². The van der Waals surface area contributed by atoms with Crippen LogP contribution in [0.2, 0.25) is 0 Å². The van der Waals surface area contributed by atoms with E-state index in [0.717, 1.165) is 5.76 Å². The molecule has 1 aromatic heterocycles. The lowest BCUT2D eigenvalue weighted by Crippen LogP contribution is -2.19. The third-order valence-corrected chi connectivity index (χ3v) is 1.47. The van der Waals surface area contributed by atoms with Crippen molar-refractivity contribution in [1.82, 2.24) is 4.90 Å². The molecule has 62 valence electrons. The average molecular weight is 157 g/mol. The summed E-state index contributed by atoms with van der Waals surface area (Å²) >= 11 is 0. The van der Waals surface area contributed by atoms with Gasteiger partial charge < -0.3 is 4.42 Å². The molecule has 3 heteroatoms. The standard InChI is InChI=1S/C8H12FNO/c1-10(5-4-9)7-8-3-2-6-11-8/h2-3,6H,4-5,7H2,1H3. The van der Waals surface area contributed by atoms with E-state index in [1.807, 2.05) is 24.1 Å². The van der Waals surface area contributed by atoms with Crippen LogP contribution in [0.5, 0.6) is 0 Å². The quantitative estimate of drug-likeness (QED) is 0.661. The zero-order valence-corrected chi connectivity index (χ0v) is 6.59. The maximum absolute atomic E-state index is 11.8. The molecule has 0 saturated heterocycles. The fraction of sp³-hybridized carbons (Fsp3) is 0.500. The molecule has 2 nitrogen and oxygen atoms in total. The predicted molar refractivity (Wildman–Crippen MR) is 41.0 cm³/mol. The summed E-state index contributed by atoms with van der Waals surface area (Å²) in [6.45, 7) is 0.828. The molecule has 1 rings (SSSR count). The Morgan fingerprint density at radius 3 is 3.00 bits per heavy atom. The Kier molecular flexibility index (Phi) is 3.11. The van der Waals surface area contributed by atoms with Crippen molar-refractivity contribution in [2.45, 2.75) is 6.54 Å². The maximum atomic E-state index is 11.8. The van der Waals surface area contributed by atoms with Crippen LogP contribution in [-0.4, -0.2) is 25.2 Å². The molecular weight excluding hydrogens is 145 g/mol. The van der Waals surface area contributed by atoms with E-state index in [2.05, 4.69) is 0 Å². The van der Waals surface area contributed by atoms with E-state index in [1.54, 1.807) is 6.26 Å². The SMILES string of the molecule is CN(CCF)Cc1ccco1. The average Bonchev–Trinajstić information content (AvgIpc) is 2.40. The summed E-state index contributed by atoms with van der Waals surface area (Å²) in [5.74, 6) is 0.876. The molecule has 0 atom stereocenters. The number of hydrogen-bond acceptors (Lipinski definition) is 2. The molecule has 0 bridgehead atoms. The summed E-state index contributed by atoms with van der Waals surface area (Å²) in [6, 6.07) is 3.72. The minimum Gasteiger partial charge on any atom is -0.468 e. The van der Waals surface area contributed by atoms with Crippen LogP contribution in [0.15, 0.2) is 22.8 Å². The van der Waals surface area contributed by atoms with Crippen molar-refractivity contribution < 1.29 is 8.81 Å². The first-order valence-corrected chi connectivity index (χ1v) is 3.60. The van der Waals surface area contributed by atoms with Gasteiger partial charge in [0, 0.05) is 6.54 Å². The minimum atomic E-state index is -0.308. The molecular formula is C8H12FNO. The lowest BCUT2D eigenvalue weighted by Gasteiger charge is -2.11. The highest BCUT2D eigenvalue weighted by atomic mass is 19.1. The van der Waals surface area contributed by atoms with Crippen molar-refractivity contribution in [2.75, 3.05) is 20.3 Å². The van der Waals surface area contributed by atoms with Crippen molar-refractivity contribution >= 4 is 0 Å². The second-order valence-corrected chi connectivity index (χ2v) is 2.51.